The van der Waals surface area contributed by atoms with Crippen LogP contribution in [0.25, 0.3) is 33.2 Å². The molecule has 0 aliphatic carbocycles. The van der Waals surface area contributed by atoms with Gasteiger partial charge in [-0.25, -0.2) is 14.8 Å². The summed E-state index contributed by atoms with van der Waals surface area (Å²) in [5.41, 5.74) is 14.7. The molecule has 66 heavy (non-hydrogen) atoms. The topological polar surface area (TPSA) is 160 Å². The van der Waals surface area contributed by atoms with Crippen LogP contribution in [-0.2, 0) is 36.8 Å². The number of nitrogens with one attached hydrogen (secondary N) is 1. The first-order valence-corrected chi connectivity index (χ1v) is 23.7. The molecular weight excluding hydrogens is 831 g/mol. The van der Waals surface area contributed by atoms with Crippen LogP contribution in [0.5, 0.6) is 0 Å². The summed E-state index contributed by atoms with van der Waals surface area (Å²) in [5, 5.41) is 3.51. The van der Waals surface area contributed by atoms with E-state index in [9.17, 15) is 19.2 Å². The number of amides is 3. The largest absolute Gasteiger partial charge is 0.384 e. The van der Waals surface area contributed by atoms with Crippen molar-refractivity contribution < 1.29 is 14.4 Å². The highest BCUT2D eigenvalue weighted by atomic mass is 16.2. The monoisotopic (exact) mass is 891 g/mol. The summed E-state index contributed by atoms with van der Waals surface area (Å²) in [6, 6.07) is 22.4. The van der Waals surface area contributed by atoms with E-state index >= 15 is 0 Å². The summed E-state index contributed by atoms with van der Waals surface area (Å²) in [7, 11) is 3.84. The number of nitrogen functional groups attached to an aromatic ring is 1. The van der Waals surface area contributed by atoms with E-state index in [4.69, 9.17) is 10.7 Å². The van der Waals surface area contributed by atoms with Crippen LogP contribution in [-0.4, -0.2) is 119 Å². The average Bonchev–Trinajstić information content (AvgIpc) is 3.77. The molecule has 0 bridgehead atoms. The van der Waals surface area contributed by atoms with Crippen LogP contribution < -0.4 is 16.7 Å². The van der Waals surface area contributed by atoms with Crippen molar-refractivity contribution in [3.05, 3.63) is 112 Å². The fourth-order valence-corrected chi connectivity index (χ4v) is 11.1. The lowest BCUT2D eigenvalue weighted by Gasteiger charge is -2.42. The molecule has 15 heteroatoms. The third kappa shape index (κ3) is 8.67. The average molecular weight is 892 g/mol. The van der Waals surface area contributed by atoms with Crippen LogP contribution >= 0.6 is 0 Å². The van der Waals surface area contributed by atoms with Crippen LogP contribution in [0.15, 0.2) is 83.9 Å². The number of fused-ring (bicyclic) bond motifs is 2. The Bertz CT molecular complexity index is 2830. The maximum absolute atomic E-state index is 13.7. The van der Waals surface area contributed by atoms with Crippen molar-refractivity contribution in [1.29, 1.82) is 0 Å². The van der Waals surface area contributed by atoms with E-state index < -0.39 is 11.9 Å². The summed E-state index contributed by atoms with van der Waals surface area (Å²) < 4.78 is 5.36. The molecule has 0 radical (unpaired) electrons. The number of imidazole rings is 1. The number of anilines is 1. The van der Waals surface area contributed by atoms with Gasteiger partial charge in [0.2, 0.25) is 11.8 Å². The number of piperidine rings is 3. The molecule has 0 saturated carbocycles. The van der Waals surface area contributed by atoms with Gasteiger partial charge in [0.25, 0.3) is 5.91 Å². The maximum atomic E-state index is 13.7. The Morgan fingerprint density at radius 1 is 0.788 bits per heavy atom. The normalized spacial score (nSPS) is 21.0. The molecular formula is C51H61N11O4. The van der Waals surface area contributed by atoms with Gasteiger partial charge >= 0.3 is 5.69 Å². The van der Waals surface area contributed by atoms with Crippen LogP contribution in [0.4, 0.5) is 5.82 Å². The van der Waals surface area contributed by atoms with Crippen molar-refractivity contribution in [2.24, 2.45) is 20.0 Å². The van der Waals surface area contributed by atoms with Gasteiger partial charge in [0, 0.05) is 114 Å². The number of carbonyl (C=O) groups is 3. The minimum Gasteiger partial charge on any atom is -0.384 e. The standard InChI is InChI=1S/C51H61N11O4/c1-33-29-59(30-35-4-10-43-45(26-35)57(3)51(66)62(43)44-11-13-47(63)55-49(44)64)24-25-61(33)31-34-15-22-60(23-16-34)50(65)38-7-5-36(6-8-38)37-17-20-58(21-18-37)32-40-27-42-41(14-19-53-48(42)56(40)2)39-9-12-46(52)54-28-39/h4-10,12,14,19,26-28,33-34,37,44H,11,13,15-18,20-25,29-32H2,1-3H3,(H2,52,54)(H,55,63,64)/t33-,44+/m0/s1. The van der Waals surface area contributed by atoms with Crippen LogP contribution in [0, 0.1) is 5.92 Å². The number of aryl methyl sites for hydroxylation is 2. The molecule has 2 aromatic carbocycles. The Kier molecular flexibility index (Phi) is 12.1. The Labute approximate surface area is 385 Å². The second kappa shape index (κ2) is 18.3. The minimum absolute atomic E-state index is 0.142. The predicted octanol–water partition coefficient (Wildman–Crippen LogP) is 5.29. The molecule has 4 saturated heterocycles. The fourth-order valence-electron chi connectivity index (χ4n) is 11.1. The highest BCUT2D eigenvalue weighted by molar-refractivity contribution is 6.00. The van der Waals surface area contributed by atoms with E-state index in [0.29, 0.717) is 35.6 Å². The number of piperazine rings is 1. The Morgan fingerprint density at radius 3 is 2.30 bits per heavy atom. The van der Waals surface area contributed by atoms with Crippen molar-refractivity contribution >= 4 is 45.6 Å². The van der Waals surface area contributed by atoms with Crippen molar-refractivity contribution in [1.82, 2.24) is 48.6 Å². The molecule has 8 heterocycles. The maximum Gasteiger partial charge on any atom is 0.329 e. The second-order valence-corrected chi connectivity index (χ2v) is 19.3. The van der Waals surface area contributed by atoms with E-state index in [1.54, 1.807) is 11.6 Å². The number of imide groups is 1. The molecule has 0 unspecified atom stereocenters. The molecule has 6 aromatic rings. The minimum atomic E-state index is -0.686. The first-order chi connectivity index (χ1) is 32.0. The fraction of sp³-hybridized carbons (Fsp3) is 0.451. The van der Waals surface area contributed by atoms with Crippen LogP contribution in [0.3, 0.4) is 0 Å². The van der Waals surface area contributed by atoms with E-state index in [1.165, 1.54) is 15.8 Å². The lowest BCUT2D eigenvalue weighted by molar-refractivity contribution is -0.135. The highest BCUT2D eigenvalue weighted by Gasteiger charge is 2.33. The third-order valence-electron chi connectivity index (χ3n) is 15.1. The first-order valence-electron chi connectivity index (χ1n) is 23.7. The molecule has 4 aromatic heterocycles. The van der Waals surface area contributed by atoms with Gasteiger partial charge in [0.15, 0.2) is 0 Å². The number of nitrogens with two attached hydrogens (primary N) is 1. The zero-order valence-corrected chi connectivity index (χ0v) is 38.4. The van der Waals surface area contributed by atoms with Crippen molar-refractivity contribution in [2.75, 3.05) is 58.1 Å². The Hall–Kier alpha value is -6.16. The molecule has 3 amide bonds. The Balaban J connectivity index is 0.673. The van der Waals surface area contributed by atoms with Gasteiger partial charge in [0.1, 0.15) is 17.5 Å². The Morgan fingerprint density at radius 2 is 1.58 bits per heavy atom. The molecule has 0 spiro atoms. The number of hydrogen-bond acceptors (Lipinski definition) is 10. The van der Waals surface area contributed by atoms with E-state index in [1.807, 2.05) is 48.8 Å². The number of rotatable bonds is 10. The summed E-state index contributed by atoms with van der Waals surface area (Å²) in [4.78, 5) is 70.0. The van der Waals surface area contributed by atoms with Crippen molar-refractivity contribution in [3.8, 4) is 11.1 Å². The quantitative estimate of drug-likeness (QED) is 0.173. The van der Waals surface area contributed by atoms with Gasteiger partial charge in [-0.3, -0.25) is 43.5 Å². The van der Waals surface area contributed by atoms with E-state index in [-0.39, 0.29) is 23.9 Å². The SMILES string of the molecule is C[C@H]1CN(Cc2ccc3c(c2)n(C)c(=O)n3[C@@H]2CCC(=O)NC2=O)CCN1CC1CCN(C(=O)c2ccc(C3CCN(Cc4cc5c(-c6ccc(N)nc6)ccnc5n4C)CC3)cc2)CC1. The number of hydrogen-bond donors (Lipinski definition) is 2. The van der Waals surface area contributed by atoms with Crippen LogP contribution in [0.2, 0.25) is 0 Å². The predicted molar refractivity (Wildman–Crippen MR) is 256 cm³/mol. The third-order valence-corrected chi connectivity index (χ3v) is 15.1. The molecule has 344 valence electrons. The van der Waals surface area contributed by atoms with E-state index in [0.717, 1.165) is 130 Å². The lowest BCUT2D eigenvalue weighted by Crippen LogP contribution is -2.53. The highest BCUT2D eigenvalue weighted by Crippen LogP contribution is 2.33. The van der Waals surface area contributed by atoms with Gasteiger partial charge in [-0.1, -0.05) is 18.2 Å². The summed E-state index contributed by atoms with van der Waals surface area (Å²) >= 11 is 0. The summed E-state index contributed by atoms with van der Waals surface area (Å²) in [5.74, 6) is 0.989. The number of aromatic nitrogens is 5. The van der Waals surface area contributed by atoms with Gasteiger partial charge in [-0.2, -0.15) is 0 Å². The molecule has 4 aliphatic heterocycles. The van der Waals surface area contributed by atoms with Gasteiger partial charge in [0.05, 0.1) is 11.0 Å². The molecule has 4 fully saturated rings. The summed E-state index contributed by atoms with van der Waals surface area (Å²) in [6.45, 7) is 11.5. The van der Waals surface area contributed by atoms with Crippen molar-refractivity contribution in [3.63, 3.8) is 0 Å². The summed E-state index contributed by atoms with van der Waals surface area (Å²) in [6.07, 6.45) is 8.44. The zero-order valence-electron chi connectivity index (χ0n) is 38.4. The number of likely N-dealkylation sites (tertiary alicyclic amines) is 2. The van der Waals surface area contributed by atoms with Crippen molar-refractivity contribution in [2.45, 2.75) is 76.5 Å². The van der Waals surface area contributed by atoms with Gasteiger partial charge in [-0.15, -0.1) is 0 Å². The van der Waals surface area contributed by atoms with Crippen LogP contribution in [0.1, 0.15) is 84.6 Å². The smallest absolute Gasteiger partial charge is 0.329 e. The lowest BCUT2D eigenvalue weighted by atomic mass is 9.88. The molecule has 3 N–H and O–H groups in total. The van der Waals surface area contributed by atoms with Gasteiger partial charge < -0.3 is 15.2 Å². The van der Waals surface area contributed by atoms with E-state index in [2.05, 4.69) is 78.8 Å². The number of carbonyl (C=O) groups excluding carboxylic acids is 3. The molecule has 10 rings (SSSR count). The molecule has 4 aliphatic rings. The molecule has 15 nitrogen and oxygen atoms in total. The number of benzene rings is 2. The molecule has 2 atom stereocenters. The second-order valence-electron chi connectivity index (χ2n) is 19.3. The zero-order chi connectivity index (χ0) is 45.6. The first kappa shape index (κ1) is 43.7. The van der Waals surface area contributed by atoms with Gasteiger partial charge in [-0.05, 0) is 129 Å². The number of nitrogens with zero attached hydrogens (tertiary/aromatic N) is 9. The number of pyridine rings is 2.